The molecule has 0 heterocycles. The molecular weight excluding hydrogens is 1580 g/mol. The van der Waals surface area contributed by atoms with Crippen LogP contribution in [0.3, 0.4) is 0 Å². The van der Waals surface area contributed by atoms with Gasteiger partial charge in [0.2, 0.25) is 0 Å². The number of ether oxygens (including phenoxy) is 8. The molecule has 0 spiro atoms. The summed E-state index contributed by atoms with van der Waals surface area (Å²) in [5, 5.41) is 62.7. The van der Waals surface area contributed by atoms with Gasteiger partial charge in [-0.3, -0.25) is 57.5 Å². The Hall–Kier alpha value is -7.89. The first-order valence-corrected chi connectivity index (χ1v) is 45.7. The van der Waals surface area contributed by atoms with Crippen LogP contribution in [0.5, 0.6) is 0 Å². The van der Waals surface area contributed by atoms with Crippen molar-refractivity contribution >= 4 is 89.0 Å². The molecule has 30 heteroatoms. The summed E-state index contributed by atoms with van der Waals surface area (Å²) in [5.74, 6) is 0.700. The van der Waals surface area contributed by atoms with Crippen LogP contribution in [0.4, 0.5) is 0 Å². The Bertz CT molecular complexity index is 3180. The standard InChI is InChI=1S/2C19H28O7.2C14H22O4.2C13H20O4/c2*1-12(20)4-2-6-18(23)25-15-10-8-14-13(15)9-11-16(14)26-19(24)7-3-5-17(21)22;1-9(15)3-2-4-14(17)18-13-8-6-10-11(13)5-7-12(10)16;1-9-5-6-11-10(9)7-8-12(11)18-14(17)4-2-3-13(15)16;1-8(14)2-7-13(16)17-12-6-4-9-10(12)3-5-11(9)15;1-8-2-3-10-9(8)4-5-11(10)17-13(16)7-6-12(14)15/h2*13-16H,2-11H2,1H3,(H,21,22);10-13,16H,2-8H2,1H3;9-12H,2-8H2,1H3,(H,15,16);9-12,14-15H,1-7H2;8-11H,2-7H2,1H3,(H,14,15)/t13-,14-,15+,16+;13-,14-,15-,16+;10-,11-,12+,13-;9-,10+,11-,12+;9-,10-,11-,12-;8-,9+,10-,11-/m000000/s1. The maximum atomic E-state index is 11.9. The number of rotatable bonds is 38. The van der Waals surface area contributed by atoms with Gasteiger partial charge in [-0.2, -0.15) is 0 Å². The van der Waals surface area contributed by atoms with Crippen molar-refractivity contribution in [1.82, 2.24) is 0 Å². The molecule has 12 rings (SSSR count). The molecule has 7 N–H and O–H groups in total. The van der Waals surface area contributed by atoms with Gasteiger partial charge in [-0.05, 0) is 248 Å². The molecule has 12 fully saturated rings. The minimum absolute atomic E-state index is 0.00122. The fourth-order valence-electron chi connectivity index (χ4n) is 21.7. The van der Waals surface area contributed by atoms with E-state index in [0.29, 0.717) is 92.8 Å². The second-order valence-electron chi connectivity index (χ2n) is 36.6. The van der Waals surface area contributed by atoms with Gasteiger partial charge in [0.1, 0.15) is 66.2 Å². The number of aliphatic hydroxyl groups is 3. The molecule has 0 aromatic rings. The van der Waals surface area contributed by atoms with Crippen LogP contribution >= 0.6 is 0 Å². The second kappa shape index (κ2) is 51.5. The van der Waals surface area contributed by atoms with Crippen LogP contribution in [0.1, 0.15) is 330 Å². The second-order valence-corrected chi connectivity index (χ2v) is 36.6. The van der Waals surface area contributed by atoms with Crippen LogP contribution in [0.2, 0.25) is 0 Å². The maximum absolute atomic E-state index is 11.9. The Morgan fingerprint density at radius 3 is 0.631 bits per heavy atom. The number of carbonyl (C=O) groups is 15. The highest BCUT2D eigenvalue weighted by Crippen LogP contribution is 2.53. The van der Waals surface area contributed by atoms with Crippen molar-refractivity contribution in [1.29, 1.82) is 0 Å². The molecule has 0 unspecified atom stereocenters. The predicted molar refractivity (Wildman–Crippen MR) is 438 cm³/mol. The zero-order chi connectivity index (χ0) is 89.3. The molecule has 0 aromatic heterocycles. The van der Waals surface area contributed by atoms with Crippen LogP contribution < -0.4 is 0 Å². The lowest BCUT2D eigenvalue weighted by Crippen LogP contribution is -2.26. The zero-order valence-electron chi connectivity index (χ0n) is 72.6. The van der Waals surface area contributed by atoms with Gasteiger partial charge < -0.3 is 88.0 Å². The number of hydrogen-bond acceptors (Lipinski definition) is 26. The van der Waals surface area contributed by atoms with E-state index in [1.807, 2.05) is 0 Å². The van der Waals surface area contributed by atoms with Crippen LogP contribution in [-0.4, -0.2) is 186 Å². The summed E-state index contributed by atoms with van der Waals surface area (Å²) in [4.78, 5) is 168. The van der Waals surface area contributed by atoms with Crippen LogP contribution in [-0.2, 0) is 110 Å². The van der Waals surface area contributed by atoms with Crippen LogP contribution in [0, 0.1) is 82.9 Å². The van der Waals surface area contributed by atoms with E-state index < -0.39 is 23.9 Å². The first kappa shape index (κ1) is 101. The van der Waals surface area contributed by atoms with E-state index >= 15 is 0 Å². The van der Waals surface area contributed by atoms with E-state index in [1.54, 1.807) is 0 Å². The summed E-state index contributed by atoms with van der Waals surface area (Å²) >= 11 is 0. The molecule has 0 radical (unpaired) electrons. The maximum Gasteiger partial charge on any atom is 0.306 e. The third-order valence-electron chi connectivity index (χ3n) is 27.8. The SMILES string of the molecule is C=C(O)CCC(=O)O[C@H]1CC[C@H]2[C@@H]1CC[C@@H]2O.CC(=O)CCCC(=O)O[C@@H]1CC[C@H]2[C@@H]1CC[C@H]2OC(=O)CCCC(=O)O.CC(=O)CCCC(=O)O[C@H]1CC[C@H]2[C@@H]1CC[C@H]2O.CC(=O)CCCC(=O)O[C@H]1CC[C@H]2[C@@H]1CC[C@H]2OC(=O)CCCC(=O)O.C[C@H]1CC[C@H]2[C@@H]1CC[C@@H]2OC(=O)CCC(=O)O.C[C@H]1CC[C@H]2[C@@H]1CC[C@H]2OC(=O)CCCC(=O)O. The van der Waals surface area contributed by atoms with Gasteiger partial charge in [0.25, 0.3) is 0 Å². The van der Waals surface area contributed by atoms with Crippen molar-refractivity contribution in [2.24, 2.45) is 82.9 Å². The lowest BCUT2D eigenvalue weighted by Gasteiger charge is -2.21. The van der Waals surface area contributed by atoms with E-state index in [-0.39, 0.29) is 245 Å². The number of carboxylic acids is 4. The number of hydrogen-bond donors (Lipinski definition) is 7. The van der Waals surface area contributed by atoms with E-state index in [2.05, 4.69) is 20.4 Å². The quantitative estimate of drug-likeness (QED) is 0.0171. The van der Waals surface area contributed by atoms with E-state index in [0.717, 1.165) is 146 Å². The van der Waals surface area contributed by atoms with Crippen molar-refractivity contribution < 1.29 is 146 Å². The molecule has 122 heavy (non-hydrogen) atoms. The lowest BCUT2D eigenvalue weighted by molar-refractivity contribution is -0.154. The lowest BCUT2D eigenvalue weighted by atomic mass is 9.93. The smallest absolute Gasteiger partial charge is 0.306 e. The molecule has 0 aromatic carbocycles. The molecule has 0 amide bonds. The van der Waals surface area contributed by atoms with Crippen molar-refractivity contribution in [3.63, 3.8) is 0 Å². The van der Waals surface area contributed by atoms with Gasteiger partial charge in [0.05, 0.1) is 37.2 Å². The average molecular weight is 1730 g/mol. The Labute approximate surface area is 717 Å². The first-order valence-electron chi connectivity index (χ1n) is 45.7. The molecule has 0 saturated heterocycles. The van der Waals surface area contributed by atoms with Gasteiger partial charge >= 0.3 is 71.6 Å². The van der Waals surface area contributed by atoms with Gasteiger partial charge in [-0.15, -0.1) is 0 Å². The summed E-state index contributed by atoms with van der Waals surface area (Å²) < 4.78 is 44.1. The van der Waals surface area contributed by atoms with Crippen molar-refractivity contribution in [2.75, 3.05) is 0 Å². The predicted octanol–water partition coefficient (Wildman–Crippen LogP) is 13.9. The molecule has 12 aliphatic carbocycles. The number of carbonyl (C=O) groups excluding carboxylic acids is 11. The third-order valence-corrected chi connectivity index (χ3v) is 27.8. The molecule has 12 saturated carbocycles. The first-order chi connectivity index (χ1) is 58.0. The van der Waals surface area contributed by atoms with Crippen molar-refractivity contribution in [3.05, 3.63) is 12.3 Å². The summed E-state index contributed by atoms with van der Waals surface area (Å²) in [6.45, 7) is 12.5. The highest BCUT2D eigenvalue weighted by molar-refractivity contribution is 5.79. The normalized spacial score (nSPS) is 31.5. The van der Waals surface area contributed by atoms with E-state index in [4.69, 9.17) is 63.4 Å². The number of Topliss-reactive ketones (excluding diaryl/α,β-unsaturated/α-hetero) is 3. The molecule has 30 nitrogen and oxygen atoms in total. The fraction of sp³-hybridized carbons (Fsp3) is 0.815. The minimum Gasteiger partial charge on any atom is -0.513 e. The van der Waals surface area contributed by atoms with Gasteiger partial charge in [0.15, 0.2) is 0 Å². The van der Waals surface area contributed by atoms with Gasteiger partial charge in [0, 0.05) is 119 Å². The number of carboxylic acid groups (broad SMARTS) is 4. The Kier molecular flexibility index (Phi) is 42.7. The molecule has 12 aliphatic rings. The number of aliphatic carboxylic acids is 4. The summed E-state index contributed by atoms with van der Waals surface area (Å²) in [6.07, 6.45) is 27.5. The number of ketones is 3. The third kappa shape index (κ3) is 33.9. The molecule has 0 aliphatic heterocycles. The highest BCUT2D eigenvalue weighted by Gasteiger charge is 2.52. The molecule has 0 bridgehead atoms. The zero-order valence-corrected chi connectivity index (χ0v) is 72.6. The van der Waals surface area contributed by atoms with Gasteiger partial charge in [-0.25, -0.2) is 0 Å². The Morgan fingerprint density at radius 2 is 0.402 bits per heavy atom. The highest BCUT2D eigenvalue weighted by atomic mass is 16.6. The fourth-order valence-corrected chi connectivity index (χ4v) is 21.7. The van der Waals surface area contributed by atoms with E-state index in [9.17, 15) is 82.1 Å². The number of fused-ring (bicyclic) bond motifs is 6. The number of allylic oxidation sites excluding steroid dienone is 1. The summed E-state index contributed by atoms with van der Waals surface area (Å²) in [5.41, 5.74) is 0. The topological polar surface area (TPSA) is 472 Å². The summed E-state index contributed by atoms with van der Waals surface area (Å²) in [7, 11) is 0. The number of esters is 8. The number of aliphatic hydroxyl groups excluding tert-OH is 3. The van der Waals surface area contributed by atoms with Gasteiger partial charge in [-0.1, -0.05) is 33.3 Å². The Morgan fingerprint density at radius 1 is 0.221 bits per heavy atom. The summed E-state index contributed by atoms with van der Waals surface area (Å²) in [6, 6.07) is 0. The average Bonchev–Trinajstić information content (AvgIpc) is 1.67. The molecular formula is C92H140O30. The minimum atomic E-state index is -0.944. The van der Waals surface area contributed by atoms with E-state index in [1.165, 1.54) is 46.5 Å². The monoisotopic (exact) mass is 1720 g/mol. The Balaban J connectivity index is 0.000000203. The largest absolute Gasteiger partial charge is 0.513 e. The van der Waals surface area contributed by atoms with Crippen molar-refractivity contribution in [3.8, 4) is 0 Å². The van der Waals surface area contributed by atoms with Crippen LogP contribution in [0.15, 0.2) is 12.3 Å². The molecule has 688 valence electrons. The van der Waals surface area contributed by atoms with Crippen molar-refractivity contribution in [2.45, 2.75) is 391 Å². The molecule has 24 atom stereocenters. The van der Waals surface area contributed by atoms with Crippen LogP contribution in [0.25, 0.3) is 0 Å².